The van der Waals surface area contributed by atoms with Gasteiger partial charge in [0.1, 0.15) is 5.82 Å². The summed E-state index contributed by atoms with van der Waals surface area (Å²) in [6.07, 6.45) is 2.75. The Hall–Kier alpha value is -1.91. The fourth-order valence-electron chi connectivity index (χ4n) is 2.05. The molecule has 0 fully saturated rings. The van der Waals surface area contributed by atoms with Crippen LogP contribution in [0.5, 0.6) is 0 Å². The zero-order valence-corrected chi connectivity index (χ0v) is 11.3. The van der Waals surface area contributed by atoms with Crippen molar-refractivity contribution in [2.24, 2.45) is 5.73 Å². The second kappa shape index (κ2) is 5.38. The van der Waals surface area contributed by atoms with Crippen LogP contribution in [0.25, 0.3) is 10.1 Å². The fraction of sp³-hybridized carbons (Fsp3) is 0.133. The van der Waals surface area contributed by atoms with E-state index in [1.165, 1.54) is 15.6 Å². The number of nitrogens with zero attached hydrogens (tertiary/aromatic N) is 1. The molecule has 3 rings (SSSR count). The molecule has 3 aromatic rings. The maximum absolute atomic E-state index is 5.55. The lowest BCUT2D eigenvalue weighted by Crippen LogP contribution is -2.02. The van der Waals surface area contributed by atoms with Gasteiger partial charge in [-0.1, -0.05) is 12.1 Å². The molecule has 3 nitrogen and oxygen atoms in total. The molecule has 2 heterocycles. The standard InChI is InChI=1S/C15H15N3S/c16-8-5-11-1-3-12(4-2-11)18-15-13-7-10-19-14(13)6-9-17-15/h1-4,6-7,9-10H,5,8,16H2,(H,17,18). The van der Waals surface area contributed by atoms with Crippen LogP contribution in [-0.4, -0.2) is 11.5 Å². The number of anilines is 2. The molecule has 0 saturated carbocycles. The van der Waals surface area contributed by atoms with Crippen LogP contribution in [0.2, 0.25) is 0 Å². The number of nitrogens with one attached hydrogen (secondary N) is 1. The minimum atomic E-state index is 0.683. The first-order valence-electron chi connectivity index (χ1n) is 6.25. The SMILES string of the molecule is NCCc1ccc(Nc2nccc3sccc23)cc1. The first-order chi connectivity index (χ1) is 9.36. The number of pyridine rings is 1. The molecule has 1 aromatic carbocycles. The summed E-state index contributed by atoms with van der Waals surface area (Å²) in [6, 6.07) is 12.5. The summed E-state index contributed by atoms with van der Waals surface area (Å²) in [7, 11) is 0. The van der Waals surface area contributed by atoms with E-state index in [1.807, 2.05) is 12.3 Å². The highest BCUT2D eigenvalue weighted by Gasteiger charge is 2.03. The predicted molar refractivity (Wildman–Crippen MR) is 82.1 cm³/mol. The lowest BCUT2D eigenvalue weighted by molar-refractivity contribution is 0.969. The van der Waals surface area contributed by atoms with Crippen molar-refractivity contribution in [2.45, 2.75) is 6.42 Å². The van der Waals surface area contributed by atoms with Crippen LogP contribution < -0.4 is 11.1 Å². The molecule has 0 saturated heterocycles. The zero-order valence-electron chi connectivity index (χ0n) is 10.5. The Balaban J connectivity index is 1.86. The van der Waals surface area contributed by atoms with Crippen molar-refractivity contribution < 1.29 is 0 Å². The number of benzene rings is 1. The average molecular weight is 269 g/mol. The van der Waals surface area contributed by atoms with Crippen LogP contribution in [0.3, 0.4) is 0 Å². The second-order valence-electron chi connectivity index (χ2n) is 4.35. The summed E-state index contributed by atoms with van der Waals surface area (Å²) in [4.78, 5) is 4.41. The van der Waals surface area contributed by atoms with Gasteiger partial charge in [0.15, 0.2) is 0 Å². The van der Waals surface area contributed by atoms with E-state index in [0.717, 1.165) is 17.9 Å². The van der Waals surface area contributed by atoms with E-state index in [2.05, 4.69) is 46.0 Å². The zero-order chi connectivity index (χ0) is 13.1. The molecule has 0 unspecified atom stereocenters. The van der Waals surface area contributed by atoms with E-state index in [9.17, 15) is 0 Å². The Bertz CT molecular complexity index is 673. The summed E-state index contributed by atoms with van der Waals surface area (Å²) >= 11 is 1.73. The summed E-state index contributed by atoms with van der Waals surface area (Å²) in [5.41, 5.74) is 7.86. The lowest BCUT2D eigenvalue weighted by Gasteiger charge is -2.07. The average Bonchev–Trinajstić information content (AvgIpc) is 2.91. The van der Waals surface area contributed by atoms with E-state index in [-0.39, 0.29) is 0 Å². The highest BCUT2D eigenvalue weighted by atomic mass is 32.1. The summed E-state index contributed by atoms with van der Waals surface area (Å²) in [5, 5.41) is 6.62. The highest BCUT2D eigenvalue weighted by Crippen LogP contribution is 2.28. The summed E-state index contributed by atoms with van der Waals surface area (Å²) < 4.78 is 1.25. The quantitative estimate of drug-likeness (QED) is 0.761. The van der Waals surface area contributed by atoms with Crippen molar-refractivity contribution in [1.82, 2.24) is 4.98 Å². The third-order valence-electron chi connectivity index (χ3n) is 3.03. The molecule has 0 radical (unpaired) electrons. The molecule has 19 heavy (non-hydrogen) atoms. The molecule has 0 aliphatic heterocycles. The Morgan fingerprint density at radius 2 is 1.95 bits per heavy atom. The van der Waals surface area contributed by atoms with Crippen molar-refractivity contribution in [2.75, 3.05) is 11.9 Å². The van der Waals surface area contributed by atoms with E-state index in [4.69, 9.17) is 5.73 Å². The molecular weight excluding hydrogens is 254 g/mol. The first kappa shape index (κ1) is 12.1. The van der Waals surface area contributed by atoms with Crippen LogP contribution in [0.15, 0.2) is 48.0 Å². The largest absolute Gasteiger partial charge is 0.340 e. The molecule has 0 atom stereocenters. The van der Waals surface area contributed by atoms with Gasteiger partial charge >= 0.3 is 0 Å². The van der Waals surface area contributed by atoms with Gasteiger partial charge in [-0.3, -0.25) is 0 Å². The monoisotopic (exact) mass is 269 g/mol. The second-order valence-corrected chi connectivity index (χ2v) is 5.30. The predicted octanol–water partition coefficient (Wildman–Crippen LogP) is 3.54. The van der Waals surface area contributed by atoms with Gasteiger partial charge in [0.05, 0.1) is 0 Å². The van der Waals surface area contributed by atoms with Gasteiger partial charge in [-0.25, -0.2) is 4.98 Å². The number of rotatable bonds is 4. The Labute approximate surface area is 116 Å². The highest BCUT2D eigenvalue weighted by molar-refractivity contribution is 7.17. The third-order valence-corrected chi connectivity index (χ3v) is 3.91. The topological polar surface area (TPSA) is 50.9 Å². The number of hydrogen-bond acceptors (Lipinski definition) is 4. The van der Waals surface area contributed by atoms with Crippen LogP contribution in [-0.2, 0) is 6.42 Å². The molecule has 0 aliphatic rings. The Kier molecular flexibility index (Phi) is 3.44. The Morgan fingerprint density at radius 1 is 1.11 bits per heavy atom. The van der Waals surface area contributed by atoms with Crippen LogP contribution in [0, 0.1) is 0 Å². The van der Waals surface area contributed by atoms with Crippen LogP contribution >= 0.6 is 11.3 Å². The van der Waals surface area contributed by atoms with Crippen molar-refractivity contribution in [3.05, 3.63) is 53.5 Å². The molecule has 0 spiro atoms. The Morgan fingerprint density at radius 3 is 2.74 bits per heavy atom. The maximum atomic E-state index is 5.55. The van der Waals surface area contributed by atoms with Crippen molar-refractivity contribution in [1.29, 1.82) is 0 Å². The minimum absolute atomic E-state index is 0.683. The van der Waals surface area contributed by atoms with Gasteiger partial charge in [0, 0.05) is 22.0 Å². The molecule has 3 N–H and O–H groups in total. The van der Waals surface area contributed by atoms with Crippen LogP contribution in [0.4, 0.5) is 11.5 Å². The number of fused-ring (bicyclic) bond motifs is 1. The van der Waals surface area contributed by atoms with Gasteiger partial charge in [-0.15, -0.1) is 11.3 Å². The summed E-state index contributed by atoms with van der Waals surface area (Å²) in [6.45, 7) is 0.683. The molecule has 0 amide bonds. The molecule has 0 aliphatic carbocycles. The maximum Gasteiger partial charge on any atom is 0.139 e. The van der Waals surface area contributed by atoms with Gasteiger partial charge in [-0.05, 0) is 48.2 Å². The number of hydrogen-bond donors (Lipinski definition) is 2. The van der Waals surface area contributed by atoms with Crippen molar-refractivity contribution >= 4 is 32.9 Å². The molecule has 4 heteroatoms. The normalized spacial score (nSPS) is 10.8. The fourth-order valence-corrected chi connectivity index (χ4v) is 2.83. The van der Waals surface area contributed by atoms with Crippen molar-refractivity contribution in [3.8, 4) is 0 Å². The molecule has 2 aromatic heterocycles. The van der Waals surface area contributed by atoms with E-state index >= 15 is 0 Å². The summed E-state index contributed by atoms with van der Waals surface area (Å²) in [5.74, 6) is 0.908. The van der Waals surface area contributed by atoms with Gasteiger partial charge in [0.25, 0.3) is 0 Å². The number of nitrogens with two attached hydrogens (primary N) is 1. The number of thiophene rings is 1. The van der Waals surface area contributed by atoms with E-state index in [0.29, 0.717) is 6.54 Å². The minimum Gasteiger partial charge on any atom is -0.340 e. The molecule has 96 valence electrons. The molecule has 0 bridgehead atoms. The van der Waals surface area contributed by atoms with Gasteiger partial charge in [-0.2, -0.15) is 0 Å². The third kappa shape index (κ3) is 2.59. The smallest absolute Gasteiger partial charge is 0.139 e. The number of aromatic nitrogens is 1. The van der Waals surface area contributed by atoms with Gasteiger partial charge in [0.2, 0.25) is 0 Å². The van der Waals surface area contributed by atoms with E-state index < -0.39 is 0 Å². The van der Waals surface area contributed by atoms with Gasteiger partial charge < -0.3 is 11.1 Å². The van der Waals surface area contributed by atoms with E-state index in [1.54, 1.807) is 11.3 Å². The molecular formula is C15H15N3S. The van der Waals surface area contributed by atoms with Crippen LogP contribution in [0.1, 0.15) is 5.56 Å². The first-order valence-corrected chi connectivity index (χ1v) is 7.13. The van der Waals surface area contributed by atoms with Crippen molar-refractivity contribution in [3.63, 3.8) is 0 Å². The lowest BCUT2D eigenvalue weighted by atomic mass is 10.1.